The first-order valence-corrected chi connectivity index (χ1v) is 10.4. The maximum Gasteiger partial charge on any atom is 0.160 e. The Balaban J connectivity index is 2.00. The molecule has 2 N–H and O–H groups in total. The highest BCUT2D eigenvalue weighted by Crippen LogP contribution is 2.48. The van der Waals surface area contributed by atoms with Crippen LogP contribution in [0.15, 0.2) is 66.2 Å². The highest BCUT2D eigenvalue weighted by Gasteiger charge is 2.36. The fourth-order valence-electron chi connectivity index (χ4n) is 4.71. The Labute approximate surface area is 173 Å². The van der Waals surface area contributed by atoms with Gasteiger partial charge in [0, 0.05) is 29.2 Å². The second-order valence-corrected chi connectivity index (χ2v) is 9.22. The number of ketones is 1. The zero-order chi connectivity index (χ0) is 20.8. The fourth-order valence-corrected chi connectivity index (χ4v) is 4.71. The Hall–Kier alpha value is -2.87. The number of carbonyl (C=O) groups excluding carboxylic acids is 1. The molecular formula is C27H29NO. The van der Waals surface area contributed by atoms with Crippen molar-refractivity contribution in [2.45, 2.75) is 46.5 Å². The van der Waals surface area contributed by atoms with E-state index in [2.05, 4.69) is 70.2 Å². The van der Waals surface area contributed by atoms with E-state index in [1.807, 2.05) is 18.2 Å². The van der Waals surface area contributed by atoms with Crippen molar-refractivity contribution in [2.75, 3.05) is 5.73 Å². The molecule has 0 heterocycles. The summed E-state index contributed by atoms with van der Waals surface area (Å²) in [6.45, 7) is 8.60. The number of anilines is 1. The molecule has 1 atom stereocenters. The average molecular weight is 384 g/mol. The Morgan fingerprint density at radius 2 is 1.62 bits per heavy atom. The zero-order valence-electron chi connectivity index (χ0n) is 17.8. The highest BCUT2D eigenvalue weighted by atomic mass is 16.1. The number of hydrogen-bond donors (Lipinski definition) is 1. The van der Waals surface area contributed by atoms with E-state index in [0.29, 0.717) is 6.42 Å². The van der Waals surface area contributed by atoms with Gasteiger partial charge < -0.3 is 5.73 Å². The number of fused-ring (bicyclic) bond motifs is 1. The molecule has 1 aliphatic rings. The van der Waals surface area contributed by atoms with Crippen molar-refractivity contribution in [3.63, 3.8) is 0 Å². The lowest BCUT2D eigenvalue weighted by atomic mass is 9.68. The van der Waals surface area contributed by atoms with Crippen molar-refractivity contribution in [1.82, 2.24) is 0 Å². The van der Waals surface area contributed by atoms with E-state index in [-0.39, 0.29) is 17.1 Å². The minimum atomic E-state index is -0.0771. The minimum Gasteiger partial charge on any atom is -0.398 e. The van der Waals surface area contributed by atoms with Crippen LogP contribution in [-0.2, 0) is 4.79 Å². The summed E-state index contributed by atoms with van der Waals surface area (Å²) in [6, 6.07) is 20.9. The number of rotatable bonds is 3. The van der Waals surface area contributed by atoms with Crippen LogP contribution in [0.1, 0.15) is 56.2 Å². The lowest BCUT2D eigenvalue weighted by molar-refractivity contribution is -0.118. The lowest BCUT2D eigenvalue weighted by Gasteiger charge is -2.35. The predicted octanol–water partition coefficient (Wildman–Crippen LogP) is 6.68. The van der Waals surface area contributed by atoms with Gasteiger partial charge >= 0.3 is 0 Å². The number of allylic oxidation sites excluding steroid dienone is 2. The predicted molar refractivity (Wildman–Crippen MR) is 123 cm³/mol. The fraction of sp³-hybridized carbons (Fsp3) is 0.296. The van der Waals surface area contributed by atoms with Gasteiger partial charge in [-0.2, -0.15) is 0 Å². The number of Topliss-reactive ketones (excluding diaryl/α,β-unsaturated/α-hetero) is 1. The summed E-state index contributed by atoms with van der Waals surface area (Å²) < 4.78 is 0. The Kier molecular flexibility index (Phi) is 4.82. The Morgan fingerprint density at radius 3 is 2.34 bits per heavy atom. The molecule has 2 heteroatoms. The highest BCUT2D eigenvalue weighted by molar-refractivity contribution is 6.10. The van der Waals surface area contributed by atoms with Crippen molar-refractivity contribution in [2.24, 2.45) is 5.41 Å². The van der Waals surface area contributed by atoms with E-state index >= 15 is 0 Å². The molecular weight excluding hydrogens is 354 g/mol. The van der Waals surface area contributed by atoms with Crippen molar-refractivity contribution in [3.05, 3.63) is 82.9 Å². The number of nitrogen functional groups attached to an aromatic ring is 1. The van der Waals surface area contributed by atoms with Crippen LogP contribution in [0, 0.1) is 12.3 Å². The van der Waals surface area contributed by atoms with Gasteiger partial charge in [-0.05, 0) is 46.7 Å². The van der Waals surface area contributed by atoms with Gasteiger partial charge in [0.05, 0.1) is 0 Å². The van der Waals surface area contributed by atoms with Crippen LogP contribution in [0.3, 0.4) is 0 Å². The van der Waals surface area contributed by atoms with Gasteiger partial charge in [0.25, 0.3) is 0 Å². The van der Waals surface area contributed by atoms with Gasteiger partial charge in [0.2, 0.25) is 0 Å². The van der Waals surface area contributed by atoms with Crippen molar-refractivity contribution >= 4 is 27.8 Å². The summed E-state index contributed by atoms with van der Waals surface area (Å²) in [7, 11) is 0. The van der Waals surface area contributed by atoms with Gasteiger partial charge in [0.1, 0.15) is 0 Å². The molecule has 0 aromatic heterocycles. The molecule has 4 rings (SSSR count). The minimum absolute atomic E-state index is 0.0348. The SMILES string of the molecule is Cc1ccc(C(C)C2=C(c3c(N)ccc4ccccc34)CC(C)(C)CC2=O)cc1. The molecule has 0 amide bonds. The first-order valence-electron chi connectivity index (χ1n) is 10.4. The summed E-state index contributed by atoms with van der Waals surface area (Å²) in [5, 5.41) is 2.28. The van der Waals surface area contributed by atoms with Crippen LogP contribution < -0.4 is 5.73 Å². The van der Waals surface area contributed by atoms with Crippen LogP contribution in [0.25, 0.3) is 16.3 Å². The number of hydrogen-bond acceptors (Lipinski definition) is 2. The molecule has 2 nitrogen and oxygen atoms in total. The molecule has 0 saturated heterocycles. The maximum atomic E-state index is 13.4. The first kappa shape index (κ1) is 19.4. The van der Waals surface area contributed by atoms with Gasteiger partial charge in [-0.3, -0.25) is 4.79 Å². The molecule has 0 aliphatic heterocycles. The van der Waals surface area contributed by atoms with E-state index in [1.54, 1.807) is 0 Å². The van der Waals surface area contributed by atoms with E-state index in [1.165, 1.54) is 11.1 Å². The van der Waals surface area contributed by atoms with Crippen LogP contribution in [0.4, 0.5) is 5.69 Å². The van der Waals surface area contributed by atoms with Crippen LogP contribution in [0.5, 0.6) is 0 Å². The molecule has 1 aliphatic carbocycles. The van der Waals surface area contributed by atoms with E-state index in [9.17, 15) is 4.79 Å². The number of aryl methyl sites for hydroxylation is 1. The summed E-state index contributed by atoms with van der Waals surface area (Å²) in [4.78, 5) is 13.4. The number of carbonyl (C=O) groups is 1. The van der Waals surface area contributed by atoms with Crippen LogP contribution >= 0.6 is 0 Å². The third kappa shape index (κ3) is 3.60. The Bertz CT molecular complexity index is 1120. The third-order valence-corrected chi connectivity index (χ3v) is 6.19. The zero-order valence-corrected chi connectivity index (χ0v) is 17.8. The standard InChI is InChI=1S/C27H29NO/c1-17-9-11-19(12-10-17)18(2)25-22(15-27(3,4)16-24(25)29)26-21-8-6-5-7-20(21)13-14-23(26)28/h5-14,18H,15-16,28H2,1-4H3. The van der Waals surface area contributed by atoms with Gasteiger partial charge in [0.15, 0.2) is 5.78 Å². The quantitative estimate of drug-likeness (QED) is 0.513. The average Bonchev–Trinajstić information content (AvgIpc) is 2.67. The van der Waals surface area contributed by atoms with E-state index in [0.717, 1.165) is 39.6 Å². The Morgan fingerprint density at radius 1 is 0.931 bits per heavy atom. The summed E-state index contributed by atoms with van der Waals surface area (Å²) >= 11 is 0. The topological polar surface area (TPSA) is 43.1 Å². The first-order chi connectivity index (χ1) is 13.8. The van der Waals surface area contributed by atoms with Gasteiger partial charge in [-0.15, -0.1) is 0 Å². The molecule has 29 heavy (non-hydrogen) atoms. The summed E-state index contributed by atoms with van der Waals surface area (Å²) in [5.41, 5.74) is 12.7. The van der Waals surface area contributed by atoms with Crippen molar-refractivity contribution < 1.29 is 4.79 Å². The molecule has 0 bridgehead atoms. The maximum absolute atomic E-state index is 13.4. The van der Waals surface area contributed by atoms with Gasteiger partial charge in [-0.1, -0.05) is 80.9 Å². The molecule has 0 radical (unpaired) electrons. The molecule has 1 unspecified atom stereocenters. The molecule has 0 fully saturated rings. The van der Waals surface area contributed by atoms with Crippen molar-refractivity contribution in [3.8, 4) is 0 Å². The molecule has 148 valence electrons. The monoisotopic (exact) mass is 383 g/mol. The molecule has 0 saturated carbocycles. The molecule has 0 spiro atoms. The summed E-state index contributed by atoms with van der Waals surface area (Å²) in [6.07, 6.45) is 1.43. The van der Waals surface area contributed by atoms with E-state index in [4.69, 9.17) is 5.73 Å². The number of nitrogens with two attached hydrogens (primary N) is 1. The van der Waals surface area contributed by atoms with Gasteiger partial charge in [-0.25, -0.2) is 0 Å². The lowest BCUT2D eigenvalue weighted by Crippen LogP contribution is -2.27. The second kappa shape index (κ2) is 7.18. The second-order valence-electron chi connectivity index (χ2n) is 9.22. The molecule has 3 aromatic rings. The molecule has 3 aromatic carbocycles. The number of benzene rings is 3. The smallest absolute Gasteiger partial charge is 0.160 e. The largest absolute Gasteiger partial charge is 0.398 e. The van der Waals surface area contributed by atoms with Crippen LogP contribution in [0.2, 0.25) is 0 Å². The normalized spacial score (nSPS) is 17.6. The van der Waals surface area contributed by atoms with E-state index < -0.39 is 0 Å². The van der Waals surface area contributed by atoms with Crippen molar-refractivity contribution in [1.29, 1.82) is 0 Å². The van der Waals surface area contributed by atoms with Crippen LogP contribution in [-0.4, -0.2) is 5.78 Å². The summed E-state index contributed by atoms with van der Waals surface area (Å²) in [5.74, 6) is 0.282. The third-order valence-electron chi connectivity index (χ3n) is 6.19.